The first-order valence-electron chi connectivity index (χ1n) is 6.18. The monoisotopic (exact) mass is 283 g/mol. The van der Waals surface area contributed by atoms with Crippen LogP contribution in [0.1, 0.15) is 9.67 Å². The second-order valence-corrected chi connectivity index (χ2v) is 5.24. The van der Waals surface area contributed by atoms with E-state index in [9.17, 15) is 4.79 Å². The summed E-state index contributed by atoms with van der Waals surface area (Å²) in [5, 5.41) is 1.97. The summed E-state index contributed by atoms with van der Waals surface area (Å²) in [6.45, 7) is 0. The Morgan fingerprint density at radius 2 is 1.80 bits per heavy atom. The standard InChI is InChI=1S/C16H13NO2S/c1-19-16(18)15-10-13(11-20-15)12-4-6-14(7-5-12)17-8-2-3-9-17/h2-11H,1H3. The number of benzene rings is 1. The zero-order valence-electron chi connectivity index (χ0n) is 10.9. The molecule has 100 valence electrons. The van der Waals surface area contributed by atoms with Gasteiger partial charge in [-0.2, -0.15) is 0 Å². The Balaban J connectivity index is 1.88. The van der Waals surface area contributed by atoms with Crippen molar-refractivity contribution in [1.82, 2.24) is 4.57 Å². The molecule has 20 heavy (non-hydrogen) atoms. The van der Waals surface area contributed by atoms with Crippen LogP contribution in [0, 0.1) is 0 Å². The molecule has 0 aliphatic heterocycles. The Bertz CT molecular complexity index is 711. The number of thiophene rings is 1. The number of carbonyl (C=O) groups excluding carboxylic acids is 1. The van der Waals surface area contributed by atoms with Gasteiger partial charge in [-0.05, 0) is 46.8 Å². The smallest absolute Gasteiger partial charge is 0.348 e. The van der Waals surface area contributed by atoms with Crippen molar-refractivity contribution < 1.29 is 9.53 Å². The number of ether oxygens (including phenoxy) is 1. The highest BCUT2D eigenvalue weighted by Crippen LogP contribution is 2.27. The minimum absolute atomic E-state index is 0.287. The molecule has 0 aliphatic rings. The van der Waals surface area contributed by atoms with Crippen LogP contribution in [0.3, 0.4) is 0 Å². The summed E-state index contributed by atoms with van der Waals surface area (Å²) in [4.78, 5) is 12.1. The van der Waals surface area contributed by atoms with Crippen LogP contribution in [0.15, 0.2) is 60.2 Å². The molecule has 2 aromatic heterocycles. The number of carbonyl (C=O) groups is 1. The van der Waals surface area contributed by atoms with E-state index in [0.29, 0.717) is 4.88 Å². The highest BCUT2D eigenvalue weighted by atomic mass is 32.1. The van der Waals surface area contributed by atoms with Crippen LogP contribution in [0.25, 0.3) is 16.8 Å². The molecule has 0 saturated heterocycles. The number of rotatable bonds is 3. The van der Waals surface area contributed by atoms with E-state index in [-0.39, 0.29) is 5.97 Å². The third kappa shape index (κ3) is 2.38. The normalized spacial score (nSPS) is 10.4. The van der Waals surface area contributed by atoms with Gasteiger partial charge in [-0.3, -0.25) is 0 Å². The van der Waals surface area contributed by atoms with Gasteiger partial charge in [-0.15, -0.1) is 11.3 Å². The molecule has 2 heterocycles. The van der Waals surface area contributed by atoms with Crippen LogP contribution in [-0.2, 0) is 4.74 Å². The lowest BCUT2D eigenvalue weighted by atomic mass is 10.1. The van der Waals surface area contributed by atoms with Gasteiger partial charge in [0.2, 0.25) is 0 Å². The SMILES string of the molecule is COC(=O)c1cc(-c2ccc(-n3cccc3)cc2)cs1. The van der Waals surface area contributed by atoms with Crippen LogP contribution in [-0.4, -0.2) is 17.6 Å². The molecule has 1 aromatic carbocycles. The van der Waals surface area contributed by atoms with Crippen molar-refractivity contribution in [2.45, 2.75) is 0 Å². The van der Waals surface area contributed by atoms with E-state index in [4.69, 9.17) is 4.74 Å². The van der Waals surface area contributed by atoms with E-state index in [0.717, 1.165) is 16.8 Å². The number of hydrogen-bond donors (Lipinski definition) is 0. The molecular weight excluding hydrogens is 270 g/mol. The van der Waals surface area contributed by atoms with Gasteiger partial charge >= 0.3 is 5.97 Å². The summed E-state index contributed by atoms with van der Waals surface area (Å²) in [5.41, 5.74) is 3.24. The molecule has 0 aliphatic carbocycles. The van der Waals surface area contributed by atoms with Gasteiger partial charge < -0.3 is 9.30 Å². The fourth-order valence-electron chi connectivity index (χ4n) is 2.03. The molecule has 0 atom stereocenters. The van der Waals surface area contributed by atoms with Crippen molar-refractivity contribution in [1.29, 1.82) is 0 Å². The van der Waals surface area contributed by atoms with Crippen LogP contribution in [0.5, 0.6) is 0 Å². The predicted octanol–water partition coefficient (Wildman–Crippen LogP) is 3.99. The third-order valence-electron chi connectivity index (χ3n) is 3.09. The van der Waals surface area contributed by atoms with Crippen molar-refractivity contribution in [3.05, 3.63) is 65.1 Å². The zero-order valence-corrected chi connectivity index (χ0v) is 11.8. The maximum atomic E-state index is 11.5. The summed E-state index contributed by atoms with van der Waals surface area (Å²) in [5.74, 6) is -0.287. The molecule has 3 rings (SSSR count). The lowest BCUT2D eigenvalue weighted by molar-refractivity contribution is 0.0606. The number of methoxy groups -OCH3 is 1. The average molecular weight is 283 g/mol. The summed E-state index contributed by atoms with van der Waals surface area (Å²) in [7, 11) is 1.40. The lowest BCUT2D eigenvalue weighted by Gasteiger charge is -2.04. The molecule has 0 bridgehead atoms. The van der Waals surface area contributed by atoms with Gasteiger partial charge in [0.1, 0.15) is 4.88 Å². The van der Waals surface area contributed by atoms with E-state index in [2.05, 4.69) is 28.8 Å². The van der Waals surface area contributed by atoms with Crippen molar-refractivity contribution in [3.63, 3.8) is 0 Å². The molecular formula is C16H13NO2S. The van der Waals surface area contributed by atoms with Crippen molar-refractivity contribution >= 4 is 17.3 Å². The van der Waals surface area contributed by atoms with Gasteiger partial charge in [0.15, 0.2) is 0 Å². The lowest BCUT2D eigenvalue weighted by Crippen LogP contribution is -1.96. The molecule has 3 aromatic rings. The highest BCUT2D eigenvalue weighted by Gasteiger charge is 2.09. The van der Waals surface area contributed by atoms with Crippen LogP contribution in [0.2, 0.25) is 0 Å². The molecule has 0 amide bonds. The second kappa shape index (κ2) is 5.35. The van der Waals surface area contributed by atoms with Crippen LogP contribution in [0.4, 0.5) is 0 Å². The molecule has 0 spiro atoms. The number of nitrogens with zero attached hydrogens (tertiary/aromatic N) is 1. The summed E-state index contributed by atoms with van der Waals surface area (Å²) in [6, 6.07) is 14.1. The fourth-order valence-corrected chi connectivity index (χ4v) is 2.86. The molecule has 4 heteroatoms. The quantitative estimate of drug-likeness (QED) is 0.680. The Kier molecular flexibility index (Phi) is 3.39. The molecule has 0 radical (unpaired) electrons. The minimum atomic E-state index is -0.287. The van der Waals surface area contributed by atoms with Crippen LogP contribution >= 0.6 is 11.3 Å². The molecule has 3 nitrogen and oxygen atoms in total. The van der Waals surface area contributed by atoms with E-state index < -0.39 is 0 Å². The predicted molar refractivity (Wildman–Crippen MR) is 80.4 cm³/mol. The minimum Gasteiger partial charge on any atom is -0.465 e. The van der Waals surface area contributed by atoms with Crippen molar-refractivity contribution in [2.75, 3.05) is 7.11 Å². The molecule has 0 N–H and O–H groups in total. The Hall–Kier alpha value is -2.33. The van der Waals surface area contributed by atoms with Gasteiger partial charge in [-0.1, -0.05) is 12.1 Å². The maximum absolute atomic E-state index is 11.5. The van der Waals surface area contributed by atoms with E-state index >= 15 is 0 Å². The first-order chi connectivity index (χ1) is 9.78. The van der Waals surface area contributed by atoms with E-state index in [1.54, 1.807) is 0 Å². The van der Waals surface area contributed by atoms with Crippen LogP contribution < -0.4 is 0 Å². The Morgan fingerprint density at radius 1 is 1.10 bits per heavy atom. The zero-order chi connectivity index (χ0) is 13.9. The first kappa shape index (κ1) is 12.7. The average Bonchev–Trinajstić information content (AvgIpc) is 3.18. The maximum Gasteiger partial charge on any atom is 0.348 e. The Labute approximate surface area is 121 Å². The highest BCUT2D eigenvalue weighted by molar-refractivity contribution is 7.12. The van der Waals surface area contributed by atoms with Crippen molar-refractivity contribution in [3.8, 4) is 16.8 Å². The van der Waals surface area contributed by atoms with Gasteiger partial charge in [0.05, 0.1) is 7.11 Å². The third-order valence-corrected chi connectivity index (χ3v) is 4.00. The topological polar surface area (TPSA) is 31.2 Å². The van der Waals surface area contributed by atoms with E-state index in [1.807, 2.05) is 36.0 Å². The summed E-state index contributed by atoms with van der Waals surface area (Å²) < 4.78 is 6.77. The van der Waals surface area contributed by atoms with Crippen molar-refractivity contribution in [2.24, 2.45) is 0 Å². The second-order valence-electron chi connectivity index (χ2n) is 4.33. The summed E-state index contributed by atoms with van der Waals surface area (Å²) >= 11 is 1.40. The molecule has 0 unspecified atom stereocenters. The Morgan fingerprint density at radius 3 is 2.45 bits per heavy atom. The summed E-state index contributed by atoms with van der Waals surface area (Å²) in [6.07, 6.45) is 4.02. The number of hydrogen-bond acceptors (Lipinski definition) is 3. The number of esters is 1. The van der Waals surface area contributed by atoms with Gasteiger partial charge in [-0.25, -0.2) is 4.79 Å². The number of aromatic nitrogens is 1. The van der Waals surface area contributed by atoms with Gasteiger partial charge in [0, 0.05) is 18.1 Å². The first-order valence-corrected chi connectivity index (χ1v) is 7.06. The van der Waals surface area contributed by atoms with E-state index in [1.165, 1.54) is 18.4 Å². The fraction of sp³-hybridized carbons (Fsp3) is 0.0625. The molecule has 0 saturated carbocycles. The molecule has 0 fully saturated rings. The largest absolute Gasteiger partial charge is 0.465 e. The van der Waals surface area contributed by atoms with Gasteiger partial charge in [0.25, 0.3) is 0 Å².